The van der Waals surface area contributed by atoms with E-state index >= 15 is 0 Å². The predicted molar refractivity (Wildman–Crippen MR) is 49.8 cm³/mol. The van der Waals surface area contributed by atoms with Gasteiger partial charge in [0, 0.05) is 6.04 Å². The molecule has 4 heteroatoms. The molecule has 1 heterocycles. The molecule has 12 heavy (non-hydrogen) atoms. The summed E-state index contributed by atoms with van der Waals surface area (Å²) in [6.07, 6.45) is 2.21. The molecule has 64 valence electrons. The highest BCUT2D eigenvalue weighted by Crippen LogP contribution is 2.24. The molecular formula is C8H8ClNOS. The van der Waals surface area contributed by atoms with Gasteiger partial charge in [0.05, 0.1) is 5.02 Å². The third-order valence-electron chi connectivity index (χ3n) is 1.74. The molecule has 0 atom stereocenters. The minimum absolute atomic E-state index is 0.0301. The molecule has 0 saturated heterocycles. The quantitative estimate of drug-likeness (QED) is 0.782. The van der Waals surface area contributed by atoms with Gasteiger partial charge in [0.2, 0.25) is 0 Å². The normalized spacial score (nSPS) is 16.1. The molecule has 1 saturated carbocycles. The fraction of sp³-hybridized carbons (Fsp3) is 0.375. The lowest BCUT2D eigenvalue weighted by Gasteiger charge is -1.99. The van der Waals surface area contributed by atoms with E-state index in [0.29, 0.717) is 15.9 Å². The summed E-state index contributed by atoms with van der Waals surface area (Å²) in [4.78, 5) is 12.0. The lowest BCUT2D eigenvalue weighted by Crippen LogP contribution is -2.24. The zero-order chi connectivity index (χ0) is 8.55. The van der Waals surface area contributed by atoms with Gasteiger partial charge >= 0.3 is 0 Å². The molecule has 0 spiro atoms. The Morgan fingerprint density at radius 3 is 2.92 bits per heavy atom. The van der Waals surface area contributed by atoms with Crippen LogP contribution in [0.4, 0.5) is 0 Å². The monoisotopic (exact) mass is 201 g/mol. The first-order valence-electron chi connectivity index (χ1n) is 3.81. The Morgan fingerprint density at radius 2 is 2.42 bits per heavy atom. The first-order valence-corrected chi connectivity index (χ1v) is 5.07. The van der Waals surface area contributed by atoms with Crippen LogP contribution in [0.15, 0.2) is 11.4 Å². The predicted octanol–water partition coefficient (Wildman–Crippen LogP) is 2.29. The van der Waals surface area contributed by atoms with Gasteiger partial charge in [-0.3, -0.25) is 4.79 Å². The van der Waals surface area contributed by atoms with Gasteiger partial charge in [-0.15, -0.1) is 11.3 Å². The highest BCUT2D eigenvalue weighted by molar-refractivity contribution is 7.12. The Morgan fingerprint density at radius 1 is 1.67 bits per heavy atom. The number of amides is 1. The van der Waals surface area contributed by atoms with Crippen LogP contribution in [0.5, 0.6) is 0 Å². The molecule has 2 nitrogen and oxygen atoms in total. The third-order valence-corrected chi connectivity index (χ3v) is 3.08. The molecule has 0 aromatic carbocycles. The van der Waals surface area contributed by atoms with E-state index in [1.54, 1.807) is 6.07 Å². The average Bonchev–Trinajstić information content (AvgIpc) is 2.72. The summed E-state index contributed by atoms with van der Waals surface area (Å²) in [7, 11) is 0. The molecule has 1 amide bonds. The van der Waals surface area contributed by atoms with E-state index in [4.69, 9.17) is 11.6 Å². The van der Waals surface area contributed by atoms with Crippen molar-refractivity contribution in [1.82, 2.24) is 5.32 Å². The number of thiophene rings is 1. The van der Waals surface area contributed by atoms with Crippen LogP contribution < -0.4 is 5.32 Å². The lowest BCUT2D eigenvalue weighted by atomic mass is 10.4. The van der Waals surface area contributed by atoms with Gasteiger partial charge in [0.15, 0.2) is 0 Å². The lowest BCUT2D eigenvalue weighted by molar-refractivity contribution is 0.0955. The first-order chi connectivity index (χ1) is 5.77. The van der Waals surface area contributed by atoms with Crippen molar-refractivity contribution in [3.05, 3.63) is 21.3 Å². The van der Waals surface area contributed by atoms with Gasteiger partial charge in [0.25, 0.3) is 5.91 Å². The van der Waals surface area contributed by atoms with Crippen LogP contribution in [0.3, 0.4) is 0 Å². The maximum Gasteiger partial charge on any atom is 0.263 e. The van der Waals surface area contributed by atoms with Gasteiger partial charge in [0.1, 0.15) is 4.88 Å². The Hall–Kier alpha value is -0.540. The van der Waals surface area contributed by atoms with Gasteiger partial charge in [-0.1, -0.05) is 11.6 Å². The van der Waals surface area contributed by atoms with Crippen LogP contribution in [0.25, 0.3) is 0 Å². The number of carbonyl (C=O) groups excluding carboxylic acids is 1. The number of carbonyl (C=O) groups is 1. The van der Waals surface area contributed by atoms with Gasteiger partial charge in [-0.2, -0.15) is 0 Å². The van der Waals surface area contributed by atoms with E-state index in [-0.39, 0.29) is 5.91 Å². The standard InChI is InChI=1S/C8H8ClNOS/c9-6-3-4-12-7(6)8(11)10-5-1-2-5/h3-5H,1-2H2,(H,10,11). The van der Waals surface area contributed by atoms with E-state index in [1.807, 2.05) is 5.38 Å². The summed E-state index contributed by atoms with van der Waals surface area (Å²) in [5.74, 6) is -0.0301. The van der Waals surface area contributed by atoms with E-state index in [2.05, 4.69) is 5.32 Å². The second-order valence-corrected chi connectivity index (χ2v) is 4.17. The molecule has 1 aliphatic carbocycles. The zero-order valence-corrected chi connectivity index (χ0v) is 7.91. The largest absolute Gasteiger partial charge is 0.349 e. The van der Waals surface area contributed by atoms with Gasteiger partial charge in [-0.25, -0.2) is 0 Å². The summed E-state index contributed by atoms with van der Waals surface area (Å²) in [5, 5.41) is 5.26. The highest BCUT2D eigenvalue weighted by Gasteiger charge is 2.24. The Labute approximate surface area is 79.5 Å². The summed E-state index contributed by atoms with van der Waals surface area (Å²) < 4.78 is 0. The van der Waals surface area contributed by atoms with Crippen molar-refractivity contribution in [2.24, 2.45) is 0 Å². The smallest absolute Gasteiger partial charge is 0.263 e. The Kier molecular flexibility index (Phi) is 2.07. The molecule has 0 bridgehead atoms. The summed E-state index contributed by atoms with van der Waals surface area (Å²) in [6.45, 7) is 0. The Balaban J connectivity index is 2.07. The second kappa shape index (κ2) is 3.07. The second-order valence-electron chi connectivity index (χ2n) is 2.85. The van der Waals surface area contributed by atoms with Crippen molar-refractivity contribution in [2.45, 2.75) is 18.9 Å². The molecule has 1 N–H and O–H groups in total. The van der Waals surface area contributed by atoms with Crippen molar-refractivity contribution < 1.29 is 4.79 Å². The molecular weight excluding hydrogens is 194 g/mol. The molecule has 1 aliphatic rings. The number of rotatable bonds is 2. The van der Waals surface area contributed by atoms with Crippen LogP contribution in [0.2, 0.25) is 5.02 Å². The fourth-order valence-corrected chi connectivity index (χ4v) is 1.98. The maximum absolute atomic E-state index is 11.4. The van der Waals surface area contributed by atoms with Crippen molar-refractivity contribution in [3.8, 4) is 0 Å². The van der Waals surface area contributed by atoms with Crippen molar-refractivity contribution >= 4 is 28.8 Å². The van der Waals surface area contributed by atoms with Gasteiger partial charge < -0.3 is 5.32 Å². The maximum atomic E-state index is 11.4. The number of hydrogen-bond donors (Lipinski definition) is 1. The van der Waals surface area contributed by atoms with Crippen molar-refractivity contribution in [2.75, 3.05) is 0 Å². The minimum Gasteiger partial charge on any atom is -0.349 e. The minimum atomic E-state index is -0.0301. The van der Waals surface area contributed by atoms with Crippen LogP contribution in [-0.4, -0.2) is 11.9 Å². The number of nitrogens with one attached hydrogen (secondary N) is 1. The SMILES string of the molecule is O=C(NC1CC1)c1sccc1Cl. The summed E-state index contributed by atoms with van der Waals surface area (Å²) >= 11 is 7.17. The van der Waals surface area contributed by atoms with E-state index in [0.717, 1.165) is 12.8 Å². The molecule has 0 radical (unpaired) electrons. The Bertz CT molecular complexity index is 306. The molecule has 0 aliphatic heterocycles. The zero-order valence-electron chi connectivity index (χ0n) is 6.34. The number of hydrogen-bond acceptors (Lipinski definition) is 2. The molecule has 0 unspecified atom stereocenters. The molecule has 2 rings (SSSR count). The molecule has 1 aromatic rings. The van der Waals surface area contributed by atoms with Crippen molar-refractivity contribution in [3.63, 3.8) is 0 Å². The van der Waals surface area contributed by atoms with Crippen LogP contribution >= 0.6 is 22.9 Å². The highest BCUT2D eigenvalue weighted by atomic mass is 35.5. The number of halogens is 1. The fourth-order valence-electron chi connectivity index (χ4n) is 0.934. The van der Waals surface area contributed by atoms with Crippen molar-refractivity contribution in [1.29, 1.82) is 0 Å². The first kappa shape index (κ1) is 8.08. The van der Waals surface area contributed by atoms with Crippen LogP contribution in [0, 0.1) is 0 Å². The third kappa shape index (κ3) is 1.62. The molecule has 1 aromatic heterocycles. The van der Waals surface area contributed by atoms with E-state index in [1.165, 1.54) is 11.3 Å². The molecule has 1 fully saturated rings. The topological polar surface area (TPSA) is 29.1 Å². The summed E-state index contributed by atoms with van der Waals surface area (Å²) in [5.41, 5.74) is 0. The van der Waals surface area contributed by atoms with E-state index < -0.39 is 0 Å². The van der Waals surface area contributed by atoms with Crippen LogP contribution in [0.1, 0.15) is 22.5 Å². The van der Waals surface area contributed by atoms with E-state index in [9.17, 15) is 4.79 Å². The van der Waals surface area contributed by atoms with Gasteiger partial charge in [-0.05, 0) is 24.3 Å². The van der Waals surface area contributed by atoms with Crippen LogP contribution in [-0.2, 0) is 0 Å². The average molecular weight is 202 g/mol. The summed E-state index contributed by atoms with van der Waals surface area (Å²) in [6, 6.07) is 2.14.